The number of halogens is 2. The van der Waals surface area contributed by atoms with Crippen LogP contribution in [-0.2, 0) is 9.59 Å². The van der Waals surface area contributed by atoms with Gasteiger partial charge in [-0.05, 0) is 86.7 Å². The predicted octanol–water partition coefficient (Wildman–Crippen LogP) is 6.18. The average molecular weight is 607 g/mol. The molecule has 0 radical (unpaired) electrons. The van der Waals surface area contributed by atoms with Gasteiger partial charge in [0, 0.05) is 10.6 Å². The first-order valence-corrected chi connectivity index (χ1v) is 14.4. The SMILES string of the molecule is Cc1ccc(C(=O)Oc2ccc(C(=O)CN(C(=O)c3ccc(Cl)cc3Cl)N3C(=O)[C@@H]4CC[C@H](C)C[C@H]4C3=O)cc2)cc1. The number of aryl methyl sites for hydroxylation is 1. The normalized spacial score (nSPS) is 19.8. The van der Waals surface area contributed by atoms with Crippen LogP contribution in [0.1, 0.15) is 62.8 Å². The maximum absolute atomic E-state index is 13.8. The molecule has 3 amide bonds. The van der Waals surface area contributed by atoms with E-state index in [2.05, 4.69) is 0 Å². The van der Waals surface area contributed by atoms with E-state index in [-0.39, 0.29) is 27.8 Å². The van der Waals surface area contributed by atoms with Gasteiger partial charge in [0.1, 0.15) is 12.3 Å². The number of ketones is 1. The highest BCUT2D eigenvalue weighted by Crippen LogP contribution is 2.41. The van der Waals surface area contributed by atoms with E-state index in [0.29, 0.717) is 23.4 Å². The lowest BCUT2D eigenvalue weighted by molar-refractivity contribution is -0.154. The summed E-state index contributed by atoms with van der Waals surface area (Å²) in [6, 6.07) is 17.0. The lowest BCUT2D eigenvalue weighted by atomic mass is 9.76. The molecule has 5 rings (SSSR count). The number of hydrazine groups is 1. The summed E-state index contributed by atoms with van der Waals surface area (Å²) < 4.78 is 5.41. The standard InChI is InChI=1S/C32H28Cl2N2O6/c1-18-3-6-21(7-4-18)32(41)42-23-11-8-20(9-12-23)28(37)17-35(29(38)25-14-10-22(33)16-27(25)34)36-30(39)24-13-5-19(2)15-26(24)31(36)40/h3-4,6-12,14,16,19,24,26H,5,13,15,17H2,1-2H3/t19-,24+,26+/m0/s1. The fourth-order valence-electron chi connectivity index (χ4n) is 5.44. The van der Waals surface area contributed by atoms with Gasteiger partial charge in [0.2, 0.25) is 0 Å². The molecule has 42 heavy (non-hydrogen) atoms. The number of carbonyl (C=O) groups is 5. The van der Waals surface area contributed by atoms with Crippen molar-refractivity contribution in [2.75, 3.05) is 6.54 Å². The van der Waals surface area contributed by atoms with Crippen molar-refractivity contribution in [2.45, 2.75) is 33.1 Å². The first-order valence-electron chi connectivity index (χ1n) is 13.6. The summed E-state index contributed by atoms with van der Waals surface area (Å²) in [4.78, 5) is 66.7. The van der Waals surface area contributed by atoms with Crippen LogP contribution in [0.3, 0.4) is 0 Å². The second-order valence-corrected chi connectivity index (χ2v) is 11.7. The zero-order chi connectivity index (χ0) is 30.1. The Morgan fingerprint density at radius 1 is 0.881 bits per heavy atom. The van der Waals surface area contributed by atoms with E-state index in [1.807, 2.05) is 13.8 Å². The second kappa shape index (κ2) is 12.1. The zero-order valence-corrected chi connectivity index (χ0v) is 24.5. The molecule has 1 aliphatic carbocycles. The van der Waals surface area contributed by atoms with Gasteiger partial charge in [-0.1, -0.05) is 47.8 Å². The Bertz CT molecular complexity index is 1570. The molecule has 3 atom stereocenters. The Hall–Kier alpha value is -4.01. The molecule has 2 aliphatic rings. The number of rotatable bonds is 7. The van der Waals surface area contributed by atoms with E-state index >= 15 is 0 Å². The maximum Gasteiger partial charge on any atom is 0.343 e. The number of hydrogen-bond acceptors (Lipinski definition) is 6. The highest BCUT2D eigenvalue weighted by atomic mass is 35.5. The molecule has 1 aliphatic heterocycles. The quantitative estimate of drug-likeness (QED) is 0.138. The number of nitrogens with zero attached hydrogens (tertiary/aromatic N) is 2. The Morgan fingerprint density at radius 3 is 2.19 bits per heavy atom. The van der Waals surface area contributed by atoms with Gasteiger partial charge in [-0.3, -0.25) is 19.2 Å². The van der Waals surface area contributed by atoms with Crippen molar-refractivity contribution < 1.29 is 28.7 Å². The molecule has 2 fully saturated rings. The molecule has 3 aromatic carbocycles. The largest absolute Gasteiger partial charge is 0.423 e. The first-order chi connectivity index (χ1) is 20.0. The number of hydrogen-bond donors (Lipinski definition) is 0. The van der Waals surface area contributed by atoms with E-state index in [9.17, 15) is 24.0 Å². The Balaban J connectivity index is 1.39. The number of benzene rings is 3. The molecule has 0 bridgehead atoms. The summed E-state index contributed by atoms with van der Waals surface area (Å²) in [7, 11) is 0. The van der Waals surface area contributed by atoms with Gasteiger partial charge in [-0.2, -0.15) is 5.01 Å². The molecule has 0 aromatic heterocycles. The fourth-order valence-corrected chi connectivity index (χ4v) is 5.93. The van der Waals surface area contributed by atoms with Gasteiger partial charge in [0.15, 0.2) is 5.78 Å². The summed E-state index contributed by atoms with van der Waals surface area (Å²) in [5.74, 6) is -3.46. The summed E-state index contributed by atoms with van der Waals surface area (Å²) in [5, 5.41) is 2.04. The van der Waals surface area contributed by atoms with Crippen molar-refractivity contribution in [1.82, 2.24) is 10.0 Å². The van der Waals surface area contributed by atoms with Crippen molar-refractivity contribution in [1.29, 1.82) is 0 Å². The summed E-state index contributed by atoms with van der Waals surface area (Å²) in [6.07, 6.45) is 1.87. The molecule has 0 unspecified atom stereocenters. The van der Waals surface area contributed by atoms with Crippen molar-refractivity contribution >= 4 is 52.7 Å². The predicted molar refractivity (Wildman–Crippen MR) is 156 cm³/mol. The smallest absolute Gasteiger partial charge is 0.343 e. The van der Waals surface area contributed by atoms with Gasteiger partial charge in [-0.25, -0.2) is 9.80 Å². The van der Waals surface area contributed by atoms with Crippen LogP contribution in [0.15, 0.2) is 66.7 Å². The van der Waals surface area contributed by atoms with Gasteiger partial charge in [-0.15, -0.1) is 0 Å². The molecule has 10 heteroatoms. The minimum Gasteiger partial charge on any atom is -0.423 e. The van der Waals surface area contributed by atoms with Crippen LogP contribution in [0.4, 0.5) is 0 Å². The van der Waals surface area contributed by atoms with Crippen molar-refractivity contribution in [3.05, 3.63) is 99.0 Å². The molecule has 8 nitrogen and oxygen atoms in total. The number of carbonyl (C=O) groups excluding carboxylic acids is 5. The molecule has 1 saturated carbocycles. The van der Waals surface area contributed by atoms with Crippen LogP contribution < -0.4 is 4.74 Å². The number of Topliss-reactive ketones (excluding diaryl/α,β-unsaturated/α-hetero) is 1. The van der Waals surface area contributed by atoms with E-state index in [1.54, 1.807) is 24.3 Å². The third-order valence-electron chi connectivity index (χ3n) is 7.77. The summed E-state index contributed by atoms with van der Waals surface area (Å²) >= 11 is 12.3. The summed E-state index contributed by atoms with van der Waals surface area (Å²) in [5.41, 5.74) is 1.57. The van der Waals surface area contributed by atoms with Gasteiger partial charge < -0.3 is 4.74 Å². The minimum absolute atomic E-state index is 0.00364. The van der Waals surface area contributed by atoms with E-state index in [4.69, 9.17) is 27.9 Å². The molecule has 1 heterocycles. The van der Waals surface area contributed by atoms with Crippen LogP contribution in [0.2, 0.25) is 10.0 Å². The maximum atomic E-state index is 13.8. The van der Waals surface area contributed by atoms with Gasteiger partial charge in [0.25, 0.3) is 17.7 Å². The van der Waals surface area contributed by atoms with Gasteiger partial charge >= 0.3 is 5.97 Å². The van der Waals surface area contributed by atoms with Crippen LogP contribution in [0, 0.1) is 24.7 Å². The average Bonchev–Trinajstić information content (AvgIpc) is 3.20. The first kappa shape index (κ1) is 29.5. The molecule has 0 spiro atoms. The number of fused-ring (bicyclic) bond motifs is 1. The number of amides is 3. The van der Waals surface area contributed by atoms with E-state index < -0.39 is 47.9 Å². The van der Waals surface area contributed by atoms with Crippen LogP contribution in [-0.4, -0.2) is 46.0 Å². The Kier molecular flexibility index (Phi) is 8.48. The van der Waals surface area contributed by atoms with Crippen molar-refractivity contribution in [3.63, 3.8) is 0 Å². The van der Waals surface area contributed by atoms with Crippen LogP contribution in [0.25, 0.3) is 0 Å². The molecular formula is C32H28Cl2N2O6. The van der Waals surface area contributed by atoms with Gasteiger partial charge in [0.05, 0.1) is 28.0 Å². The van der Waals surface area contributed by atoms with Crippen LogP contribution in [0.5, 0.6) is 5.75 Å². The van der Waals surface area contributed by atoms with E-state index in [0.717, 1.165) is 22.0 Å². The van der Waals surface area contributed by atoms with Crippen molar-refractivity contribution in [2.24, 2.45) is 17.8 Å². The minimum atomic E-state index is -0.776. The number of imide groups is 1. The third kappa shape index (κ3) is 5.96. The fraction of sp³-hybridized carbons (Fsp3) is 0.281. The highest BCUT2D eigenvalue weighted by molar-refractivity contribution is 6.36. The second-order valence-electron chi connectivity index (χ2n) is 10.8. The Labute approximate surface area is 253 Å². The van der Waals surface area contributed by atoms with Crippen LogP contribution >= 0.6 is 23.2 Å². The molecule has 3 aromatic rings. The van der Waals surface area contributed by atoms with Crippen molar-refractivity contribution in [3.8, 4) is 5.75 Å². The lowest BCUT2D eigenvalue weighted by Gasteiger charge is -2.30. The summed E-state index contributed by atoms with van der Waals surface area (Å²) in [6.45, 7) is 3.34. The van der Waals surface area contributed by atoms with E-state index in [1.165, 1.54) is 42.5 Å². The molecule has 216 valence electrons. The number of ether oxygens (including phenoxy) is 1. The molecular weight excluding hydrogens is 579 g/mol. The zero-order valence-electron chi connectivity index (χ0n) is 23.0. The molecule has 1 saturated heterocycles. The monoisotopic (exact) mass is 606 g/mol. The Morgan fingerprint density at radius 2 is 1.52 bits per heavy atom. The lowest BCUT2D eigenvalue weighted by Crippen LogP contribution is -2.52. The highest BCUT2D eigenvalue weighted by Gasteiger charge is 2.53. The number of esters is 1. The molecule has 0 N–H and O–H groups in total. The third-order valence-corrected chi connectivity index (χ3v) is 8.32. The topological polar surface area (TPSA) is 101 Å².